The highest BCUT2D eigenvalue weighted by Crippen LogP contribution is 2.39. The van der Waals surface area contributed by atoms with Crippen LogP contribution in [0, 0.1) is 12.3 Å². The average Bonchev–Trinajstić information content (AvgIpc) is 2.50. The molecule has 1 fully saturated rings. The lowest BCUT2D eigenvalue weighted by atomic mass is 9.72. The number of benzene rings is 1. The molecule has 1 aliphatic carbocycles. The number of nitrogens with zero attached hydrogens (tertiary/aromatic N) is 1. The molecule has 1 aromatic carbocycles. The van der Waals surface area contributed by atoms with E-state index in [1.54, 1.807) is 0 Å². The van der Waals surface area contributed by atoms with Crippen LogP contribution in [0.1, 0.15) is 44.6 Å². The van der Waals surface area contributed by atoms with Crippen molar-refractivity contribution in [2.24, 2.45) is 11.1 Å². The summed E-state index contributed by atoms with van der Waals surface area (Å²) in [5, 5.41) is 0. The molecule has 0 unspecified atom stereocenters. The van der Waals surface area contributed by atoms with E-state index in [4.69, 9.17) is 18.0 Å². The van der Waals surface area contributed by atoms with Crippen LogP contribution < -0.4 is 10.6 Å². The number of hydrogen-bond donors (Lipinski definition) is 1. The first-order valence-electron chi connectivity index (χ1n) is 7.70. The fraction of sp³-hybridized carbons (Fsp3) is 0.529. The number of carbonyl (C=O) groups excluding carboxylic acids is 1. The van der Waals surface area contributed by atoms with Crippen LogP contribution in [-0.4, -0.2) is 17.4 Å². The van der Waals surface area contributed by atoms with Gasteiger partial charge in [-0.2, -0.15) is 0 Å². The molecule has 0 saturated heterocycles. The summed E-state index contributed by atoms with van der Waals surface area (Å²) in [6.45, 7) is 4.67. The van der Waals surface area contributed by atoms with E-state index in [0.29, 0.717) is 11.5 Å². The van der Waals surface area contributed by atoms with Crippen molar-refractivity contribution in [3.63, 3.8) is 0 Å². The summed E-state index contributed by atoms with van der Waals surface area (Å²) in [6.07, 6.45) is 4.77. The van der Waals surface area contributed by atoms with Crippen LogP contribution in [0.4, 0.5) is 5.69 Å². The van der Waals surface area contributed by atoms with E-state index in [1.807, 2.05) is 43.0 Å². The summed E-state index contributed by atoms with van der Waals surface area (Å²) in [5.41, 5.74) is 7.45. The largest absolute Gasteiger partial charge is 0.392 e. The lowest BCUT2D eigenvalue weighted by Crippen LogP contribution is -2.51. The van der Waals surface area contributed by atoms with Gasteiger partial charge in [0, 0.05) is 12.2 Å². The zero-order valence-corrected chi connectivity index (χ0v) is 13.7. The molecule has 0 aliphatic heterocycles. The first kappa shape index (κ1) is 16.0. The molecule has 0 bridgehead atoms. The van der Waals surface area contributed by atoms with Crippen LogP contribution >= 0.6 is 12.2 Å². The number of carbonyl (C=O) groups is 1. The lowest BCUT2D eigenvalue weighted by molar-refractivity contribution is -0.126. The molecule has 0 radical (unpaired) electrons. The van der Waals surface area contributed by atoms with Gasteiger partial charge in [0.1, 0.15) is 0 Å². The van der Waals surface area contributed by atoms with Crippen molar-refractivity contribution < 1.29 is 4.79 Å². The second-order valence-electron chi connectivity index (χ2n) is 5.89. The Kier molecular flexibility index (Phi) is 4.99. The number of nitrogens with two attached hydrogens (primary N) is 1. The highest BCUT2D eigenvalue weighted by molar-refractivity contribution is 7.80. The van der Waals surface area contributed by atoms with Gasteiger partial charge >= 0.3 is 0 Å². The van der Waals surface area contributed by atoms with Gasteiger partial charge in [0.05, 0.1) is 10.4 Å². The maximum Gasteiger partial charge on any atom is 0.240 e. The number of anilines is 1. The Morgan fingerprint density at radius 2 is 1.81 bits per heavy atom. The van der Waals surface area contributed by atoms with E-state index in [1.165, 1.54) is 5.56 Å². The summed E-state index contributed by atoms with van der Waals surface area (Å²) in [5.74, 6) is 0.0704. The number of aryl methyl sites for hydroxylation is 1. The molecule has 3 nitrogen and oxygen atoms in total. The third kappa shape index (κ3) is 3.10. The van der Waals surface area contributed by atoms with Gasteiger partial charge in [-0.05, 0) is 38.8 Å². The Labute approximate surface area is 132 Å². The number of amides is 1. The second kappa shape index (κ2) is 6.56. The van der Waals surface area contributed by atoms with E-state index in [9.17, 15) is 4.79 Å². The van der Waals surface area contributed by atoms with Crippen LogP contribution in [0.3, 0.4) is 0 Å². The van der Waals surface area contributed by atoms with Crippen LogP contribution in [-0.2, 0) is 4.79 Å². The predicted octanol–water partition coefficient (Wildman–Crippen LogP) is 3.58. The molecule has 1 amide bonds. The van der Waals surface area contributed by atoms with E-state index in [0.717, 1.165) is 37.8 Å². The second-order valence-corrected chi connectivity index (χ2v) is 6.33. The first-order chi connectivity index (χ1) is 10.0. The van der Waals surface area contributed by atoms with Gasteiger partial charge < -0.3 is 10.6 Å². The standard InChI is InChI=1S/C17H24N2OS/c1-3-19(14-9-7-13(2)8-10-14)16(20)17(15(18)21)11-5-4-6-12-17/h7-10H,3-6,11-12H2,1-2H3,(H2,18,21). The maximum atomic E-state index is 13.1. The molecule has 1 saturated carbocycles. The van der Waals surface area contributed by atoms with Gasteiger partial charge in [0.2, 0.25) is 5.91 Å². The molecule has 114 valence electrons. The van der Waals surface area contributed by atoms with Crippen LogP contribution in [0.15, 0.2) is 24.3 Å². The van der Waals surface area contributed by atoms with Gasteiger partial charge in [0.25, 0.3) is 0 Å². The first-order valence-corrected chi connectivity index (χ1v) is 8.10. The Balaban J connectivity index is 2.33. The van der Waals surface area contributed by atoms with Crippen molar-refractivity contribution in [2.75, 3.05) is 11.4 Å². The van der Waals surface area contributed by atoms with E-state index >= 15 is 0 Å². The molecule has 1 aromatic rings. The predicted molar refractivity (Wildman–Crippen MR) is 91.5 cm³/mol. The highest BCUT2D eigenvalue weighted by atomic mass is 32.1. The van der Waals surface area contributed by atoms with Crippen molar-refractivity contribution in [1.29, 1.82) is 0 Å². The third-order valence-corrected chi connectivity index (χ3v) is 4.89. The number of rotatable bonds is 4. The highest BCUT2D eigenvalue weighted by Gasteiger charge is 2.44. The molecule has 0 aromatic heterocycles. The molecule has 4 heteroatoms. The fourth-order valence-corrected chi connectivity index (χ4v) is 3.44. The van der Waals surface area contributed by atoms with E-state index < -0.39 is 5.41 Å². The van der Waals surface area contributed by atoms with Crippen molar-refractivity contribution in [3.05, 3.63) is 29.8 Å². The van der Waals surface area contributed by atoms with Crippen molar-refractivity contribution in [3.8, 4) is 0 Å². The summed E-state index contributed by atoms with van der Waals surface area (Å²) in [4.78, 5) is 15.3. The molecule has 0 spiro atoms. The average molecular weight is 304 g/mol. The lowest BCUT2D eigenvalue weighted by Gasteiger charge is -2.38. The SMILES string of the molecule is CCN(C(=O)C1(C(N)=S)CCCCC1)c1ccc(C)cc1. The summed E-state index contributed by atoms with van der Waals surface area (Å²) in [6, 6.07) is 8.04. The third-order valence-electron chi connectivity index (χ3n) is 4.50. The Morgan fingerprint density at radius 3 is 2.29 bits per heavy atom. The summed E-state index contributed by atoms with van der Waals surface area (Å²) < 4.78 is 0. The van der Waals surface area contributed by atoms with Crippen molar-refractivity contribution in [2.45, 2.75) is 46.0 Å². The van der Waals surface area contributed by atoms with Gasteiger partial charge in [-0.15, -0.1) is 0 Å². The maximum absolute atomic E-state index is 13.1. The minimum Gasteiger partial charge on any atom is -0.392 e. The van der Waals surface area contributed by atoms with Crippen LogP contribution in [0.5, 0.6) is 0 Å². The normalized spacial score (nSPS) is 17.2. The zero-order valence-electron chi connectivity index (χ0n) is 12.9. The number of hydrogen-bond acceptors (Lipinski definition) is 2. The topological polar surface area (TPSA) is 46.3 Å². The number of thiocarbonyl (C=S) groups is 1. The summed E-state index contributed by atoms with van der Waals surface area (Å²) >= 11 is 5.27. The minimum atomic E-state index is -0.644. The molecular formula is C17H24N2OS. The molecule has 2 N–H and O–H groups in total. The quantitative estimate of drug-likeness (QED) is 0.865. The molecular weight excluding hydrogens is 280 g/mol. The van der Waals surface area contributed by atoms with Gasteiger partial charge in [-0.3, -0.25) is 4.79 Å². The molecule has 0 atom stereocenters. The molecule has 21 heavy (non-hydrogen) atoms. The molecule has 0 heterocycles. The van der Waals surface area contributed by atoms with E-state index in [2.05, 4.69) is 0 Å². The minimum absolute atomic E-state index is 0.0704. The Bertz CT molecular complexity index is 518. The Morgan fingerprint density at radius 1 is 1.24 bits per heavy atom. The van der Waals surface area contributed by atoms with Gasteiger partial charge in [-0.25, -0.2) is 0 Å². The van der Waals surface area contributed by atoms with Gasteiger partial charge in [0.15, 0.2) is 0 Å². The summed E-state index contributed by atoms with van der Waals surface area (Å²) in [7, 11) is 0. The molecule has 2 rings (SSSR count). The molecule has 1 aliphatic rings. The van der Waals surface area contributed by atoms with Crippen LogP contribution in [0.25, 0.3) is 0 Å². The monoisotopic (exact) mass is 304 g/mol. The zero-order chi connectivity index (χ0) is 15.5. The van der Waals surface area contributed by atoms with Crippen LogP contribution in [0.2, 0.25) is 0 Å². The Hall–Kier alpha value is -1.42. The van der Waals surface area contributed by atoms with Crippen molar-refractivity contribution >= 4 is 28.8 Å². The smallest absolute Gasteiger partial charge is 0.240 e. The van der Waals surface area contributed by atoms with E-state index in [-0.39, 0.29) is 5.91 Å². The van der Waals surface area contributed by atoms with Crippen molar-refractivity contribution in [1.82, 2.24) is 0 Å². The van der Waals surface area contributed by atoms with Gasteiger partial charge in [-0.1, -0.05) is 49.2 Å². The fourth-order valence-electron chi connectivity index (χ4n) is 3.15.